The first kappa shape index (κ1) is 34.0. The average molecular weight is 714 g/mol. The highest BCUT2D eigenvalue weighted by atomic mass is 19.4. The fraction of sp³-hybridized carbons (Fsp3) is 0.474. The van der Waals surface area contributed by atoms with Gasteiger partial charge < -0.3 is 16.2 Å². The number of anilines is 2. The molecule has 2 saturated heterocycles. The number of benzene rings is 2. The van der Waals surface area contributed by atoms with Crippen molar-refractivity contribution < 1.29 is 35.5 Å². The summed E-state index contributed by atoms with van der Waals surface area (Å²) in [4.78, 5) is 10.1. The molecule has 3 fully saturated rings. The number of hydrogen-bond donors (Lipinski definition) is 2. The first-order valence-electron chi connectivity index (χ1n) is 17.3. The van der Waals surface area contributed by atoms with Crippen molar-refractivity contribution >= 4 is 22.4 Å². The molecule has 2 aliphatic carbocycles. The predicted molar refractivity (Wildman–Crippen MR) is 180 cm³/mol. The van der Waals surface area contributed by atoms with Crippen LogP contribution in [-0.4, -0.2) is 46.0 Å². The number of alkyl halides is 5. The van der Waals surface area contributed by atoms with Gasteiger partial charge in [-0.15, -0.1) is 0 Å². The largest absolute Gasteiger partial charge is 0.492 e. The molecule has 1 saturated carbocycles. The first-order chi connectivity index (χ1) is 24.1. The lowest BCUT2D eigenvalue weighted by molar-refractivity contribution is -0.137. The second-order valence-electron chi connectivity index (χ2n) is 15.1. The number of halogens is 7. The van der Waals surface area contributed by atoms with Gasteiger partial charge in [-0.3, -0.25) is 4.90 Å². The van der Waals surface area contributed by atoms with Crippen LogP contribution in [0.4, 0.5) is 42.4 Å². The third-order valence-corrected chi connectivity index (χ3v) is 12.1. The number of aryl methyl sites for hydroxylation is 1. The zero-order chi connectivity index (χ0) is 36.2. The standard InChI is InChI=1S/C38H38F7N5O/c1-19(24-8-4-10-48-33(24)46)23-7-3-6-21-12-27(32-29(38(43,44)45)20(2)30(39)34(47)49-32)31(40)26-14-22(13-25(23)28(21)26)51-18-36-9-5-11-50(36)17-35(15-36)16-37(35,41)42/h4,8,10,12-14,19,23H,3,5-7,9,11,15-18H2,1-2H3,(H2,46,48)(H2,47,49)/t19-,23?,35-,36+/m1/s1. The smallest absolute Gasteiger partial charge is 0.418 e. The summed E-state index contributed by atoms with van der Waals surface area (Å²) in [6.07, 6.45) is -0.0835. The van der Waals surface area contributed by atoms with Crippen LogP contribution in [0.25, 0.3) is 22.0 Å². The van der Waals surface area contributed by atoms with Crippen molar-refractivity contribution in [1.82, 2.24) is 14.9 Å². The van der Waals surface area contributed by atoms with Gasteiger partial charge in [0.05, 0.1) is 22.2 Å². The number of nitrogens with zero attached hydrogens (tertiary/aromatic N) is 3. The zero-order valence-corrected chi connectivity index (χ0v) is 28.2. The maximum Gasteiger partial charge on any atom is 0.418 e. The van der Waals surface area contributed by atoms with Gasteiger partial charge in [-0.25, -0.2) is 27.5 Å². The molecule has 1 unspecified atom stereocenters. The fourth-order valence-corrected chi connectivity index (χ4v) is 9.50. The number of nitrogen functional groups attached to an aromatic ring is 2. The minimum absolute atomic E-state index is 0.0288. The molecule has 2 aromatic carbocycles. The van der Waals surface area contributed by atoms with Gasteiger partial charge in [-0.05, 0) is 110 Å². The van der Waals surface area contributed by atoms with E-state index in [1.807, 2.05) is 19.1 Å². The molecule has 0 amide bonds. The summed E-state index contributed by atoms with van der Waals surface area (Å²) in [5.74, 6) is -5.51. The molecule has 0 radical (unpaired) electrons. The molecule has 4 N–H and O–H groups in total. The van der Waals surface area contributed by atoms with Crippen LogP contribution in [0.2, 0.25) is 0 Å². The predicted octanol–water partition coefficient (Wildman–Crippen LogP) is 8.93. The highest BCUT2D eigenvalue weighted by Gasteiger charge is 2.77. The van der Waals surface area contributed by atoms with Gasteiger partial charge in [0.15, 0.2) is 11.6 Å². The molecular weight excluding hydrogens is 675 g/mol. The summed E-state index contributed by atoms with van der Waals surface area (Å²) in [6, 6.07) is 8.40. The third kappa shape index (κ3) is 5.23. The van der Waals surface area contributed by atoms with E-state index in [1.165, 1.54) is 12.1 Å². The second kappa shape index (κ2) is 11.4. The summed E-state index contributed by atoms with van der Waals surface area (Å²) in [7, 11) is 0. The Hall–Kier alpha value is -4.13. The number of hydrogen-bond acceptors (Lipinski definition) is 6. The number of rotatable bonds is 6. The van der Waals surface area contributed by atoms with Crippen LogP contribution < -0.4 is 16.2 Å². The molecule has 51 heavy (non-hydrogen) atoms. The van der Waals surface area contributed by atoms with Crippen LogP contribution in [0, 0.1) is 24.0 Å². The highest BCUT2D eigenvalue weighted by molar-refractivity contribution is 5.95. The van der Waals surface area contributed by atoms with E-state index in [0.29, 0.717) is 62.0 Å². The number of ether oxygens (including phenoxy) is 1. The lowest BCUT2D eigenvalue weighted by Gasteiger charge is -2.32. The van der Waals surface area contributed by atoms with Gasteiger partial charge in [0.25, 0.3) is 5.92 Å². The molecular formula is C38H38F7N5O. The normalized spacial score (nSPS) is 26.0. The van der Waals surface area contributed by atoms with Crippen molar-refractivity contribution in [2.24, 2.45) is 5.41 Å². The fourth-order valence-electron chi connectivity index (χ4n) is 9.50. The summed E-state index contributed by atoms with van der Waals surface area (Å²) >= 11 is 0. The van der Waals surface area contributed by atoms with E-state index in [0.717, 1.165) is 24.5 Å². The molecule has 1 spiro atoms. The van der Waals surface area contributed by atoms with Crippen molar-refractivity contribution in [2.75, 3.05) is 31.2 Å². The highest BCUT2D eigenvalue weighted by Crippen LogP contribution is 2.69. The van der Waals surface area contributed by atoms with Crippen molar-refractivity contribution in [1.29, 1.82) is 0 Å². The van der Waals surface area contributed by atoms with Crippen LogP contribution >= 0.6 is 0 Å². The van der Waals surface area contributed by atoms with Crippen LogP contribution in [0.5, 0.6) is 5.75 Å². The first-order valence-corrected chi connectivity index (χ1v) is 17.3. The summed E-state index contributed by atoms with van der Waals surface area (Å²) in [5, 5.41) is 0.583. The van der Waals surface area contributed by atoms with Crippen molar-refractivity contribution in [2.45, 2.75) is 88.3 Å². The average Bonchev–Trinajstić information content (AvgIpc) is 3.27. The van der Waals surface area contributed by atoms with Gasteiger partial charge in [-0.2, -0.15) is 13.2 Å². The zero-order valence-electron chi connectivity index (χ0n) is 28.2. The Labute approximate surface area is 290 Å². The minimum atomic E-state index is -5.06. The van der Waals surface area contributed by atoms with E-state index < -0.39 is 62.9 Å². The Balaban J connectivity index is 1.30. The number of nitrogens with two attached hydrogens (primary N) is 2. The SMILES string of the molecule is Cc1c(F)c(N)nc(-c2cc3c4c(cc(OC[C@@]56CCCN5C[C@]5(CC5(F)F)C6)cc4c2F)C([C@@H](C)c2cccnc2N)CCC3)c1C(F)(F)F. The lowest BCUT2D eigenvalue weighted by atomic mass is 9.79. The van der Waals surface area contributed by atoms with Crippen LogP contribution in [0.15, 0.2) is 36.5 Å². The quantitative estimate of drug-likeness (QED) is 0.194. The Morgan fingerprint density at radius 1 is 1.06 bits per heavy atom. The van der Waals surface area contributed by atoms with Gasteiger partial charge in [-0.1, -0.05) is 13.0 Å². The number of aromatic nitrogens is 2. The van der Waals surface area contributed by atoms with E-state index >= 15 is 4.39 Å². The van der Waals surface area contributed by atoms with Crippen LogP contribution in [0.3, 0.4) is 0 Å². The maximum absolute atomic E-state index is 17.1. The Bertz CT molecular complexity index is 2090. The summed E-state index contributed by atoms with van der Waals surface area (Å²) in [5.41, 5.74) is 9.14. The van der Waals surface area contributed by atoms with Crippen molar-refractivity contribution in [3.05, 3.63) is 76.0 Å². The Morgan fingerprint density at radius 2 is 1.82 bits per heavy atom. The molecule has 0 bridgehead atoms. The number of pyridine rings is 2. The Kier molecular flexibility index (Phi) is 7.62. The monoisotopic (exact) mass is 713 g/mol. The molecule has 2 aromatic heterocycles. The van der Waals surface area contributed by atoms with E-state index in [1.54, 1.807) is 12.3 Å². The van der Waals surface area contributed by atoms with Gasteiger partial charge >= 0.3 is 6.18 Å². The molecule has 4 aliphatic rings. The molecule has 4 aromatic rings. The van der Waals surface area contributed by atoms with E-state index in [-0.39, 0.29) is 36.0 Å². The summed E-state index contributed by atoms with van der Waals surface area (Å²) in [6.45, 7) is 4.05. The van der Waals surface area contributed by atoms with Crippen LogP contribution in [0.1, 0.15) is 85.1 Å². The molecule has 4 heterocycles. The molecule has 6 nitrogen and oxygen atoms in total. The molecule has 8 rings (SSSR count). The molecule has 2 aliphatic heterocycles. The molecule has 270 valence electrons. The maximum atomic E-state index is 17.1. The van der Waals surface area contributed by atoms with E-state index in [9.17, 15) is 26.3 Å². The Morgan fingerprint density at radius 3 is 2.53 bits per heavy atom. The summed E-state index contributed by atoms with van der Waals surface area (Å²) < 4.78 is 111. The minimum Gasteiger partial charge on any atom is -0.492 e. The van der Waals surface area contributed by atoms with Gasteiger partial charge in [0.1, 0.15) is 24.0 Å². The topological polar surface area (TPSA) is 90.3 Å². The second-order valence-corrected chi connectivity index (χ2v) is 15.1. The lowest BCUT2D eigenvalue weighted by Crippen LogP contribution is -2.43. The van der Waals surface area contributed by atoms with Gasteiger partial charge in [0.2, 0.25) is 0 Å². The van der Waals surface area contributed by atoms with Gasteiger partial charge in [0, 0.05) is 35.7 Å². The number of fused-ring (bicyclic) bond motifs is 1. The van der Waals surface area contributed by atoms with E-state index in [2.05, 4.69) is 14.9 Å². The van der Waals surface area contributed by atoms with Crippen molar-refractivity contribution in [3.8, 4) is 17.0 Å². The van der Waals surface area contributed by atoms with E-state index in [4.69, 9.17) is 16.2 Å². The van der Waals surface area contributed by atoms with Crippen LogP contribution in [-0.2, 0) is 12.6 Å². The van der Waals surface area contributed by atoms with Crippen molar-refractivity contribution in [3.63, 3.8) is 0 Å². The molecule has 4 atom stereocenters. The molecule has 13 heteroatoms. The third-order valence-electron chi connectivity index (χ3n) is 12.1.